The first kappa shape index (κ1) is 29.2. The molecular formula is C26H29ClFN3O6S2. The zero-order valence-electron chi connectivity index (χ0n) is 21.6. The Balaban J connectivity index is 1.70. The van der Waals surface area contributed by atoms with Crippen LogP contribution in [-0.2, 0) is 24.2 Å². The summed E-state index contributed by atoms with van der Waals surface area (Å²) in [5, 5.41) is 14.4. The number of rotatable bonds is 8. The Morgan fingerprint density at radius 3 is 2.51 bits per heavy atom. The largest absolute Gasteiger partial charge is 0.481 e. The number of methoxy groups -OCH3 is 1. The van der Waals surface area contributed by atoms with E-state index < -0.39 is 50.1 Å². The fourth-order valence-corrected chi connectivity index (χ4v) is 8.23. The van der Waals surface area contributed by atoms with Gasteiger partial charge in [-0.25, -0.2) is 22.6 Å². The normalized spacial score (nSPS) is 22.2. The summed E-state index contributed by atoms with van der Waals surface area (Å²) in [4.78, 5) is 33.7. The highest BCUT2D eigenvalue weighted by molar-refractivity contribution is 7.92. The van der Waals surface area contributed by atoms with E-state index in [2.05, 4.69) is 10.3 Å². The Morgan fingerprint density at radius 2 is 1.95 bits per heavy atom. The average Bonchev–Trinajstić information content (AvgIpc) is 3.42. The molecule has 0 amide bonds. The molecule has 1 aliphatic carbocycles. The highest BCUT2D eigenvalue weighted by atomic mass is 35.5. The number of esters is 1. The maximum absolute atomic E-state index is 13.9. The van der Waals surface area contributed by atoms with E-state index in [9.17, 15) is 27.5 Å². The molecule has 13 heteroatoms. The third-order valence-corrected chi connectivity index (χ3v) is 10.8. The van der Waals surface area contributed by atoms with E-state index in [0.717, 1.165) is 6.07 Å². The van der Waals surface area contributed by atoms with E-state index in [1.165, 1.54) is 44.4 Å². The number of aliphatic imine (C=N–C) groups is 1. The van der Waals surface area contributed by atoms with Gasteiger partial charge < -0.3 is 15.2 Å². The number of nitrogens with one attached hydrogen (secondary N) is 1. The molecule has 1 unspecified atom stereocenters. The molecule has 0 bridgehead atoms. The van der Waals surface area contributed by atoms with Crippen molar-refractivity contribution in [2.75, 3.05) is 12.9 Å². The number of carbonyl (C=O) groups excluding carboxylic acids is 1. The first-order valence-corrected chi connectivity index (χ1v) is 15.3. The van der Waals surface area contributed by atoms with Crippen molar-refractivity contribution in [1.82, 2.24) is 10.3 Å². The van der Waals surface area contributed by atoms with Gasteiger partial charge in [0.25, 0.3) is 0 Å². The Kier molecular flexibility index (Phi) is 8.48. The van der Waals surface area contributed by atoms with Gasteiger partial charge in [-0.15, -0.1) is 11.3 Å². The summed E-state index contributed by atoms with van der Waals surface area (Å²) in [7, 11) is -2.42. The lowest BCUT2D eigenvalue weighted by Gasteiger charge is -2.35. The number of amidine groups is 1. The summed E-state index contributed by atoms with van der Waals surface area (Å²) in [6, 6.07) is 2.97. The van der Waals surface area contributed by atoms with Crippen molar-refractivity contribution >= 4 is 50.5 Å². The van der Waals surface area contributed by atoms with E-state index >= 15 is 0 Å². The van der Waals surface area contributed by atoms with Crippen LogP contribution in [0.4, 0.5) is 4.39 Å². The molecule has 2 aliphatic rings. The highest BCUT2D eigenvalue weighted by Gasteiger charge is 2.42. The zero-order valence-corrected chi connectivity index (χ0v) is 24.0. The minimum atomic E-state index is -3.68. The molecule has 210 valence electrons. The Morgan fingerprint density at radius 1 is 1.26 bits per heavy atom. The number of hydrogen-bond acceptors (Lipinski definition) is 9. The van der Waals surface area contributed by atoms with Crippen molar-refractivity contribution in [2.24, 2.45) is 16.3 Å². The predicted octanol–water partition coefficient (Wildman–Crippen LogP) is 4.54. The number of carbonyl (C=O) groups is 2. The molecule has 2 aromatic rings. The second kappa shape index (κ2) is 11.3. The molecule has 1 saturated carbocycles. The lowest BCUT2D eigenvalue weighted by atomic mass is 9.82. The topological polar surface area (TPSA) is 135 Å². The molecule has 1 aromatic heterocycles. The lowest BCUT2D eigenvalue weighted by Crippen LogP contribution is -2.41. The van der Waals surface area contributed by atoms with Crippen LogP contribution in [0, 0.1) is 17.2 Å². The number of allylic oxidation sites excluding steroid dienone is 1. The maximum Gasteiger partial charge on any atom is 0.338 e. The van der Waals surface area contributed by atoms with Gasteiger partial charge in [0.2, 0.25) is 0 Å². The summed E-state index contributed by atoms with van der Waals surface area (Å²) in [5.41, 5.74) is -0.237. The molecule has 1 fully saturated rings. The van der Waals surface area contributed by atoms with Crippen molar-refractivity contribution < 1.29 is 32.2 Å². The van der Waals surface area contributed by atoms with Crippen LogP contribution in [0.2, 0.25) is 5.02 Å². The number of hydrogen-bond donors (Lipinski definition) is 2. The van der Waals surface area contributed by atoms with Crippen LogP contribution in [-0.4, -0.2) is 54.4 Å². The maximum atomic E-state index is 13.9. The van der Waals surface area contributed by atoms with Gasteiger partial charge in [-0.3, -0.25) is 9.79 Å². The molecule has 1 atom stereocenters. The smallest absolute Gasteiger partial charge is 0.338 e. The molecule has 0 radical (unpaired) electrons. The molecule has 39 heavy (non-hydrogen) atoms. The molecule has 2 heterocycles. The first-order valence-electron chi connectivity index (χ1n) is 12.3. The van der Waals surface area contributed by atoms with Crippen molar-refractivity contribution in [3.05, 3.63) is 62.5 Å². The van der Waals surface area contributed by atoms with Crippen LogP contribution in [0.1, 0.15) is 56.1 Å². The number of aromatic nitrogens is 1. The Hall–Kier alpha value is -2.83. The SMILES string of the molecule is COC(=O)C1=C(C2CCC(S(=O)(=O)CC(C)(C)C(=O)O)CC2)NC(c2nccs2)=NC1c1ccc(F)cc1Cl. The van der Waals surface area contributed by atoms with Gasteiger partial charge in [0.05, 0.1) is 29.1 Å². The van der Waals surface area contributed by atoms with E-state index in [1.54, 1.807) is 11.6 Å². The van der Waals surface area contributed by atoms with Gasteiger partial charge in [0.15, 0.2) is 20.7 Å². The fraction of sp³-hybridized carbons (Fsp3) is 0.462. The minimum absolute atomic E-state index is 0.0979. The van der Waals surface area contributed by atoms with E-state index in [4.69, 9.17) is 21.3 Å². The number of ether oxygens (including phenoxy) is 1. The molecule has 0 spiro atoms. The third-order valence-electron chi connectivity index (χ3n) is 7.10. The third kappa shape index (κ3) is 6.17. The van der Waals surface area contributed by atoms with Crippen molar-refractivity contribution in [3.8, 4) is 0 Å². The number of aliphatic carboxylic acids is 1. The van der Waals surface area contributed by atoms with E-state index in [0.29, 0.717) is 47.8 Å². The van der Waals surface area contributed by atoms with E-state index in [-0.39, 0.29) is 16.5 Å². The minimum Gasteiger partial charge on any atom is -0.481 e. The average molecular weight is 598 g/mol. The lowest BCUT2D eigenvalue weighted by molar-refractivity contribution is -0.145. The number of sulfone groups is 1. The van der Waals surface area contributed by atoms with Crippen molar-refractivity contribution in [2.45, 2.75) is 50.8 Å². The van der Waals surface area contributed by atoms with Gasteiger partial charge >= 0.3 is 11.9 Å². The number of carboxylic acid groups (broad SMARTS) is 1. The number of nitrogens with zero attached hydrogens (tertiary/aromatic N) is 2. The second-order valence-electron chi connectivity index (χ2n) is 10.3. The van der Waals surface area contributed by atoms with Crippen LogP contribution in [0.15, 0.2) is 46.0 Å². The van der Waals surface area contributed by atoms with Gasteiger partial charge in [0.1, 0.15) is 11.9 Å². The van der Waals surface area contributed by atoms with Crippen LogP contribution in [0.5, 0.6) is 0 Å². The zero-order chi connectivity index (χ0) is 28.5. The summed E-state index contributed by atoms with van der Waals surface area (Å²) in [5.74, 6) is -2.62. The van der Waals surface area contributed by atoms with Gasteiger partial charge in [0, 0.05) is 27.9 Å². The predicted molar refractivity (Wildman–Crippen MR) is 146 cm³/mol. The molecular weight excluding hydrogens is 569 g/mol. The quantitative estimate of drug-likeness (QED) is 0.424. The number of halogens is 2. The van der Waals surface area contributed by atoms with Gasteiger partial charge in [-0.2, -0.15) is 0 Å². The Bertz CT molecular complexity index is 1430. The molecule has 0 saturated heterocycles. The molecule has 4 rings (SSSR count). The number of benzene rings is 1. The van der Waals surface area contributed by atoms with Crippen LogP contribution < -0.4 is 5.32 Å². The second-order valence-corrected chi connectivity index (χ2v) is 13.9. The van der Waals surface area contributed by atoms with E-state index in [1.807, 2.05) is 0 Å². The monoisotopic (exact) mass is 597 g/mol. The summed E-state index contributed by atoms with van der Waals surface area (Å²) >= 11 is 7.75. The van der Waals surface area contributed by atoms with Gasteiger partial charge in [-0.05, 0) is 57.6 Å². The standard InChI is InChI=1S/C26H29ClFN3O6S2/c1-26(2,25(33)34)13-39(35,36)16-7-4-14(5-8-16)20-19(24(32)37-3)21(17-9-6-15(28)12-18(17)27)31-22(30-20)23-29-10-11-38-23/h6,9-12,14,16,21H,4-5,7-8,13H2,1-3H3,(H,30,31)(H,33,34). The first-order chi connectivity index (χ1) is 18.3. The highest BCUT2D eigenvalue weighted by Crippen LogP contribution is 2.42. The number of thiazole rings is 1. The van der Waals surface area contributed by atoms with Crippen molar-refractivity contribution in [1.29, 1.82) is 0 Å². The van der Waals surface area contributed by atoms with Crippen LogP contribution >= 0.6 is 22.9 Å². The molecule has 1 aromatic carbocycles. The van der Waals surface area contributed by atoms with Gasteiger partial charge in [-0.1, -0.05) is 17.7 Å². The van der Waals surface area contributed by atoms with Crippen LogP contribution in [0.3, 0.4) is 0 Å². The summed E-state index contributed by atoms with van der Waals surface area (Å²) < 4.78 is 45.1. The summed E-state index contributed by atoms with van der Waals surface area (Å²) in [6.45, 7) is 2.80. The molecule has 9 nitrogen and oxygen atoms in total. The fourth-order valence-electron chi connectivity index (χ4n) is 5.01. The Labute approximate surface area is 235 Å². The van der Waals surface area contributed by atoms with Crippen LogP contribution in [0.25, 0.3) is 0 Å². The summed E-state index contributed by atoms with van der Waals surface area (Å²) in [6.07, 6.45) is 3.07. The molecule has 1 aliphatic heterocycles. The number of carboxylic acids is 1. The van der Waals surface area contributed by atoms with Crippen molar-refractivity contribution in [3.63, 3.8) is 0 Å². The molecule has 2 N–H and O–H groups in total.